The predicted octanol–water partition coefficient (Wildman–Crippen LogP) is 2.73. The lowest BCUT2D eigenvalue weighted by Crippen LogP contribution is -2.53. The third-order valence-electron chi connectivity index (χ3n) is 3.16. The number of halogens is 7. The fourth-order valence-electron chi connectivity index (χ4n) is 2.08. The molecule has 0 aromatic heterocycles. The van der Waals surface area contributed by atoms with E-state index in [1.54, 1.807) is 0 Å². The van der Waals surface area contributed by atoms with Crippen LogP contribution in [0.2, 0.25) is 0 Å². The Morgan fingerprint density at radius 2 is 1.48 bits per heavy atom. The van der Waals surface area contributed by atoms with Gasteiger partial charge in [0.05, 0.1) is 0 Å². The summed E-state index contributed by atoms with van der Waals surface area (Å²) in [4.78, 5) is 0. The van der Waals surface area contributed by atoms with Gasteiger partial charge in [-0.15, -0.1) is 0 Å². The summed E-state index contributed by atoms with van der Waals surface area (Å²) in [7, 11) is -13.5. The molecule has 1 aliphatic rings. The molecule has 1 atom stereocenters. The smallest absolute Gasteiger partial charge is 0.221 e. The maximum Gasteiger partial charge on any atom is 0.499 e. The molecule has 1 aliphatic heterocycles. The van der Waals surface area contributed by atoms with Crippen LogP contribution in [0.5, 0.6) is 0 Å². The SMILES string of the molecule is O=S(=O)(C1c2ccccc2C(F)(F)C(F)(F)S1(=O)=O)C(F)(F)F. The third kappa shape index (κ3) is 2.08. The Morgan fingerprint density at radius 1 is 1.00 bits per heavy atom. The molecule has 0 saturated carbocycles. The van der Waals surface area contributed by atoms with Crippen molar-refractivity contribution in [3.05, 3.63) is 35.4 Å². The van der Waals surface area contributed by atoms with Gasteiger partial charge in [-0.25, -0.2) is 16.8 Å². The second kappa shape index (κ2) is 4.59. The van der Waals surface area contributed by atoms with Crippen molar-refractivity contribution >= 4 is 19.7 Å². The van der Waals surface area contributed by atoms with Crippen LogP contribution in [0.15, 0.2) is 24.3 Å². The fraction of sp³-hybridized carbons (Fsp3) is 0.400. The maximum absolute atomic E-state index is 13.7. The van der Waals surface area contributed by atoms with Gasteiger partial charge in [0.15, 0.2) is 0 Å². The summed E-state index contributed by atoms with van der Waals surface area (Å²) in [5.41, 5.74) is -9.58. The van der Waals surface area contributed by atoms with Gasteiger partial charge in [-0.1, -0.05) is 24.3 Å². The molecule has 0 N–H and O–H groups in total. The second-order valence-electron chi connectivity index (χ2n) is 4.55. The maximum atomic E-state index is 13.7. The van der Waals surface area contributed by atoms with Crippen LogP contribution in [0.4, 0.5) is 30.7 Å². The summed E-state index contributed by atoms with van der Waals surface area (Å²) < 4.78 is 135. The standard InChI is InChI=1S/C10H5F7O4S2/c11-8(12)6-4-2-1-3-5(6)7(22(18,19)9(8,13)14)23(20,21)10(15,16)17/h1-4,7H. The number of fused-ring (bicyclic) bond motifs is 1. The van der Waals surface area contributed by atoms with E-state index < -0.39 is 52.1 Å². The molecule has 1 unspecified atom stereocenters. The number of rotatable bonds is 1. The highest BCUT2D eigenvalue weighted by Gasteiger charge is 2.76. The van der Waals surface area contributed by atoms with Gasteiger partial charge in [0.25, 0.3) is 9.84 Å². The lowest BCUT2D eigenvalue weighted by molar-refractivity contribution is -0.166. The van der Waals surface area contributed by atoms with Gasteiger partial charge >= 0.3 is 16.7 Å². The highest BCUT2D eigenvalue weighted by atomic mass is 32.3. The first-order chi connectivity index (χ1) is 10.1. The van der Waals surface area contributed by atoms with Crippen molar-refractivity contribution in [2.24, 2.45) is 0 Å². The molecule has 0 bridgehead atoms. The van der Waals surface area contributed by atoms with Crippen LogP contribution in [0.3, 0.4) is 0 Å². The zero-order chi connectivity index (χ0) is 18.1. The summed E-state index contributed by atoms with van der Waals surface area (Å²) >= 11 is 0. The van der Waals surface area contributed by atoms with Crippen LogP contribution in [0.1, 0.15) is 15.7 Å². The molecule has 1 heterocycles. The Morgan fingerprint density at radius 3 is 1.96 bits per heavy atom. The van der Waals surface area contributed by atoms with Crippen molar-refractivity contribution < 1.29 is 47.6 Å². The lowest BCUT2D eigenvalue weighted by Gasteiger charge is -2.36. The number of sulfone groups is 2. The first-order valence-electron chi connectivity index (χ1n) is 5.49. The predicted molar refractivity (Wildman–Crippen MR) is 61.9 cm³/mol. The van der Waals surface area contributed by atoms with Crippen molar-refractivity contribution in [2.45, 2.75) is 21.3 Å². The summed E-state index contributed by atoms with van der Waals surface area (Å²) in [6.45, 7) is 0. The highest BCUT2D eigenvalue weighted by Crippen LogP contribution is 2.58. The number of benzene rings is 1. The van der Waals surface area contributed by atoms with Gasteiger partial charge in [0.1, 0.15) is 0 Å². The normalized spacial score (nSPS) is 25.6. The Hall–Kier alpha value is -1.37. The largest absolute Gasteiger partial charge is 0.499 e. The van der Waals surface area contributed by atoms with Crippen molar-refractivity contribution in [1.29, 1.82) is 0 Å². The van der Waals surface area contributed by atoms with E-state index in [0.717, 1.165) is 12.1 Å². The molecule has 0 spiro atoms. The van der Waals surface area contributed by atoms with E-state index in [2.05, 4.69) is 0 Å². The molecule has 0 aliphatic carbocycles. The van der Waals surface area contributed by atoms with Crippen molar-refractivity contribution in [3.8, 4) is 0 Å². The summed E-state index contributed by atoms with van der Waals surface area (Å²) in [6.07, 6.45) is 0. The van der Waals surface area contributed by atoms with Gasteiger partial charge in [0, 0.05) is 5.56 Å². The monoisotopic (exact) mass is 386 g/mol. The average molecular weight is 386 g/mol. The molecule has 0 radical (unpaired) electrons. The molecule has 23 heavy (non-hydrogen) atoms. The van der Waals surface area contributed by atoms with Gasteiger partial charge in [0.2, 0.25) is 14.4 Å². The minimum absolute atomic E-state index is 0.247. The van der Waals surface area contributed by atoms with Crippen LogP contribution >= 0.6 is 0 Å². The third-order valence-corrected chi connectivity index (χ3v) is 7.93. The van der Waals surface area contributed by atoms with Crippen LogP contribution in [0.25, 0.3) is 0 Å². The first kappa shape index (κ1) is 18.0. The fourth-order valence-corrected chi connectivity index (χ4v) is 6.16. The molecule has 4 nitrogen and oxygen atoms in total. The second-order valence-corrected chi connectivity index (χ2v) is 8.94. The molecule has 0 saturated heterocycles. The average Bonchev–Trinajstić information content (AvgIpc) is 2.35. The van der Waals surface area contributed by atoms with E-state index in [9.17, 15) is 47.6 Å². The van der Waals surface area contributed by atoms with E-state index in [0.29, 0.717) is 6.07 Å². The molecule has 1 aromatic carbocycles. The molecule has 2 rings (SSSR count). The number of hydrogen-bond donors (Lipinski definition) is 0. The highest BCUT2D eigenvalue weighted by molar-refractivity contribution is 8.09. The van der Waals surface area contributed by atoms with E-state index >= 15 is 0 Å². The Bertz CT molecular complexity index is 855. The summed E-state index contributed by atoms with van der Waals surface area (Å²) in [5, 5.41) is -6.03. The quantitative estimate of drug-likeness (QED) is 0.696. The molecular formula is C10H5F7O4S2. The zero-order valence-corrected chi connectivity index (χ0v) is 12.1. The van der Waals surface area contributed by atoms with Crippen LogP contribution in [-0.2, 0) is 25.6 Å². The molecule has 13 heteroatoms. The van der Waals surface area contributed by atoms with Gasteiger partial charge in [-0.3, -0.25) is 0 Å². The van der Waals surface area contributed by atoms with E-state index in [1.165, 1.54) is 0 Å². The topological polar surface area (TPSA) is 68.3 Å². The van der Waals surface area contributed by atoms with Gasteiger partial charge in [-0.2, -0.15) is 30.7 Å². The van der Waals surface area contributed by atoms with Crippen molar-refractivity contribution in [1.82, 2.24) is 0 Å². The molecule has 0 fully saturated rings. The minimum atomic E-state index is -6.75. The van der Waals surface area contributed by atoms with E-state index in [1.807, 2.05) is 0 Å². The van der Waals surface area contributed by atoms with E-state index in [4.69, 9.17) is 0 Å². The molecule has 130 valence electrons. The Balaban J connectivity index is 2.99. The molecule has 0 amide bonds. The lowest BCUT2D eigenvalue weighted by atomic mass is 10.0. The molecular weight excluding hydrogens is 381 g/mol. The minimum Gasteiger partial charge on any atom is -0.221 e. The Kier molecular flexibility index (Phi) is 3.58. The Labute approximate surface area is 124 Å². The number of hydrogen-bond acceptors (Lipinski definition) is 4. The van der Waals surface area contributed by atoms with E-state index in [-0.39, 0.29) is 6.07 Å². The number of alkyl halides is 7. The van der Waals surface area contributed by atoms with Gasteiger partial charge in [-0.05, 0) is 5.56 Å². The molecule has 1 aromatic rings. The van der Waals surface area contributed by atoms with Crippen molar-refractivity contribution in [2.75, 3.05) is 0 Å². The van der Waals surface area contributed by atoms with Crippen LogP contribution < -0.4 is 0 Å². The first-order valence-corrected chi connectivity index (χ1v) is 8.58. The van der Waals surface area contributed by atoms with Crippen molar-refractivity contribution in [3.63, 3.8) is 0 Å². The van der Waals surface area contributed by atoms with Gasteiger partial charge < -0.3 is 0 Å². The summed E-state index contributed by atoms with van der Waals surface area (Å²) in [5.74, 6) is -5.39. The van der Waals surface area contributed by atoms with Crippen LogP contribution in [-0.4, -0.2) is 27.6 Å². The summed E-state index contributed by atoms with van der Waals surface area (Å²) in [6, 6.07) is 2.06. The van der Waals surface area contributed by atoms with Crippen LogP contribution in [0, 0.1) is 0 Å². The zero-order valence-electron chi connectivity index (χ0n) is 10.5.